The molecule has 0 saturated carbocycles. The molecule has 1 atom stereocenters. The predicted molar refractivity (Wildman–Crippen MR) is 75.3 cm³/mol. The van der Waals surface area contributed by atoms with Crippen molar-refractivity contribution in [1.82, 2.24) is 14.9 Å². The Hall–Kier alpha value is -2.01. The molecule has 0 bridgehead atoms. The van der Waals surface area contributed by atoms with E-state index in [9.17, 15) is 9.90 Å². The van der Waals surface area contributed by atoms with Crippen LogP contribution in [0.5, 0.6) is 0 Å². The van der Waals surface area contributed by atoms with E-state index in [2.05, 4.69) is 9.97 Å². The number of aliphatic hydroxyl groups is 1. The first-order valence-electron chi connectivity index (χ1n) is 6.89. The van der Waals surface area contributed by atoms with Crippen molar-refractivity contribution in [2.75, 3.05) is 19.7 Å². The van der Waals surface area contributed by atoms with Crippen LogP contribution in [0.3, 0.4) is 0 Å². The van der Waals surface area contributed by atoms with Gasteiger partial charge in [-0.2, -0.15) is 0 Å². The van der Waals surface area contributed by atoms with Gasteiger partial charge in [0.15, 0.2) is 0 Å². The third-order valence-corrected chi connectivity index (χ3v) is 3.78. The van der Waals surface area contributed by atoms with Gasteiger partial charge < -0.3 is 10.0 Å². The number of carbonyl (C=O) groups excluding carboxylic acids is 1. The number of benzene rings is 1. The molecule has 0 aliphatic carbocycles. The van der Waals surface area contributed by atoms with Gasteiger partial charge in [-0.05, 0) is 37.0 Å². The van der Waals surface area contributed by atoms with Crippen LogP contribution in [-0.4, -0.2) is 45.6 Å². The van der Waals surface area contributed by atoms with E-state index in [1.54, 1.807) is 24.5 Å². The van der Waals surface area contributed by atoms with Gasteiger partial charge in [0.2, 0.25) is 0 Å². The van der Waals surface area contributed by atoms with E-state index in [1.807, 2.05) is 11.0 Å². The fourth-order valence-electron chi connectivity index (χ4n) is 2.68. The second-order valence-electron chi connectivity index (χ2n) is 5.20. The predicted octanol–water partition coefficient (Wildman–Crippen LogP) is 1.47. The zero-order chi connectivity index (χ0) is 13.9. The number of hydrogen-bond acceptors (Lipinski definition) is 4. The molecular weight excluding hydrogens is 254 g/mol. The van der Waals surface area contributed by atoms with Crippen molar-refractivity contribution in [2.45, 2.75) is 12.8 Å². The Morgan fingerprint density at radius 1 is 1.30 bits per heavy atom. The monoisotopic (exact) mass is 271 g/mol. The molecule has 5 nitrogen and oxygen atoms in total. The Kier molecular flexibility index (Phi) is 3.60. The SMILES string of the molecule is O=C(c1ccc2nccnc2c1)N1CCCC(CO)C1. The van der Waals surface area contributed by atoms with Crippen molar-refractivity contribution in [2.24, 2.45) is 5.92 Å². The highest BCUT2D eigenvalue weighted by Gasteiger charge is 2.24. The molecule has 1 fully saturated rings. The summed E-state index contributed by atoms with van der Waals surface area (Å²) in [6.07, 6.45) is 5.20. The molecule has 1 aromatic heterocycles. The lowest BCUT2D eigenvalue weighted by atomic mass is 9.98. The molecule has 1 aromatic carbocycles. The molecule has 0 radical (unpaired) electrons. The molecule has 1 saturated heterocycles. The maximum Gasteiger partial charge on any atom is 0.253 e. The number of piperidine rings is 1. The molecule has 2 aromatic rings. The summed E-state index contributed by atoms with van der Waals surface area (Å²) in [4.78, 5) is 22.7. The highest BCUT2D eigenvalue weighted by Crippen LogP contribution is 2.19. The van der Waals surface area contributed by atoms with Crippen molar-refractivity contribution in [1.29, 1.82) is 0 Å². The quantitative estimate of drug-likeness (QED) is 0.898. The third-order valence-electron chi connectivity index (χ3n) is 3.78. The summed E-state index contributed by atoms with van der Waals surface area (Å²) in [5.41, 5.74) is 2.15. The van der Waals surface area contributed by atoms with Crippen molar-refractivity contribution in [3.05, 3.63) is 36.2 Å². The van der Waals surface area contributed by atoms with Gasteiger partial charge in [-0.3, -0.25) is 14.8 Å². The van der Waals surface area contributed by atoms with E-state index in [0.29, 0.717) is 12.1 Å². The summed E-state index contributed by atoms with van der Waals surface area (Å²) in [6.45, 7) is 1.54. The first-order chi connectivity index (χ1) is 9.78. The summed E-state index contributed by atoms with van der Waals surface area (Å²) in [6, 6.07) is 5.40. The lowest BCUT2D eigenvalue weighted by Crippen LogP contribution is -2.40. The van der Waals surface area contributed by atoms with Crippen LogP contribution in [0.4, 0.5) is 0 Å². The van der Waals surface area contributed by atoms with Crippen LogP contribution in [0.15, 0.2) is 30.6 Å². The van der Waals surface area contributed by atoms with Crippen LogP contribution in [0.2, 0.25) is 0 Å². The summed E-state index contributed by atoms with van der Waals surface area (Å²) in [7, 11) is 0. The van der Waals surface area contributed by atoms with Gasteiger partial charge in [-0.25, -0.2) is 0 Å². The van der Waals surface area contributed by atoms with Crippen molar-refractivity contribution < 1.29 is 9.90 Å². The molecule has 104 valence electrons. The number of fused-ring (bicyclic) bond motifs is 1. The normalized spacial score (nSPS) is 19.2. The zero-order valence-electron chi connectivity index (χ0n) is 11.2. The topological polar surface area (TPSA) is 66.3 Å². The summed E-state index contributed by atoms with van der Waals surface area (Å²) in [5, 5.41) is 9.25. The molecular formula is C15H17N3O2. The van der Waals surface area contributed by atoms with Gasteiger partial charge in [-0.1, -0.05) is 0 Å². The van der Waals surface area contributed by atoms with Crippen molar-refractivity contribution in [3.63, 3.8) is 0 Å². The van der Waals surface area contributed by atoms with Crippen LogP contribution >= 0.6 is 0 Å². The van der Waals surface area contributed by atoms with Crippen LogP contribution in [0, 0.1) is 5.92 Å². The fourth-order valence-corrected chi connectivity index (χ4v) is 2.68. The number of likely N-dealkylation sites (tertiary alicyclic amines) is 1. The maximum absolute atomic E-state index is 12.5. The standard InChI is InChI=1S/C15H17N3O2/c19-10-11-2-1-7-18(9-11)15(20)12-3-4-13-14(8-12)17-6-5-16-13/h3-6,8,11,19H,1-2,7,9-10H2. The van der Waals surface area contributed by atoms with E-state index in [4.69, 9.17) is 0 Å². The Labute approximate surface area is 117 Å². The maximum atomic E-state index is 12.5. The number of amides is 1. The fraction of sp³-hybridized carbons (Fsp3) is 0.400. The average molecular weight is 271 g/mol. The number of hydrogen-bond donors (Lipinski definition) is 1. The summed E-state index contributed by atoms with van der Waals surface area (Å²) < 4.78 is 0. The van der Waals surface area contributed by atoms with Crippen LogP contribution in [0.25, 0.3) is 11.0 Å². The molecule has 20 heavy (non-hydrogen) atoms. The van der Waals surface area contributed by atoms with E-state index in [-0.39, 0.29) is 18.4 Å². The molecule has 2 heterocycles. The van der Waals surface area contributed by atoms with Crippen LogP contribution < -0.4 is 0 Å². The van der Waals surface area contributed by atoms with Gasteiger partial charge in [0.25, 0.3) is 5.91 Å². The Balaban J connectivity index is 1.84. The number of nitrogens with zero attached hydrogens (tertiary/aromatic N) is 3. The van der Waals surface area contributed by atoms with Gasteiger partial charge in [0.05, 0.1) is 11.0 Å². The van der Waals surface area contributed by atoms with Gasteiger partial charge in [0.1, 0.15) is 0 Å². The molecule has 1 amide bonds. The lowest BCUT2D eigenvalue weighted by molar-refractivity contribution is 0.0621. The van der Waals surface area contributed by atoms with Crippen molar-refractivity contribution >= 4 is 16.9 Å². The minimum Gasteiger partial charge on any atom is -0.396 e. The highest BCUT2D eigenvalue weighted by atomic mass is 16.3. The summed E-state index contributed by atoms with van der Waals surface area (Å²) in [5.74, 6) is 0.212. The van der Waals surface area contributed by atoms with Crippen LogP contribution in [-0.2, 0) is 0 Å². The van der Waals surface area contributed by atoms with Gasteiger partial charge in [-0.15, -0.1) is 0 Å². The Morgan fingerprint density at radius 2 is 2.10 bits per heavy atom. The average Bonchev–Trinajstić information content (AvgIpc) is 2.53. The third kappa shape index (κ3) is 2.49. The molecule has 1 unspecified atom stereocenters. The second kappa shape index (κ2) is 5.54. The number of aliphatic hydroxyl groups excluding tert-OH is 1. The first kappa shape index (κ1) is 13.0. The smallest absolute Gasteiger partial charge is 0.253 e. The molecule has 3 rings (SSSR count). The minimum absolute atomic E-state index is 0.00991. The van der Waals surface area contributed by atoms with Gasteiger partial charge in [0, 0.05) is 37.7 Å². The Morgan fingerprint density at radius 3 is 2.90 bits per heavy atom. The van der Waals surface area contributed by atoms with Crippen molar-refractivity contribution in [3.8, 4) is 0 Å². The molecule has 5 heteroatoms. The number of aromatic nitrogens is 2. The lowest BCUT2D eigenvalue weighted by Gasteiger charge is -2.31. The van der Waals surface area contributed by atoms with E-state index >= 15 is 0 Å². The number of rotatable bonds is 2. The second-order valence-corrected chi connectivity index (χ2v) is 5.20. The highest BCUT2D eigenvalue weighted by molar-refractivity contribution is 5.97. The van der Waals surface area contributed by atoms with E-state index < -0.39 is 0 Å². The minimum atomic E-state index is 0.00991. The van der Waals surface area contributed by atoms with E-state index in [1.165, 1.54) is 0 Å². The molecule has 1 N–H and O–H groups in total. The van der Waals surface area contributed by atoms with Crippen LogP contribution in [0.1, 0.15) is 23.2 Å². The Bertz CT molecular complexity index is 629. The van der Waals surface area contributed by atoms with Gasteiger partial charge >= 0.3 is 0 Å². The van der Waals surface area contributed by atoms with E-state index in [0.717, 1.165) is 30.4 Å². The molecule has 0 spiro atoms. The first-order valence-corrected chi connectivity index (χ1v) is 6.89. The zero-order valence-corrected chi connectivity index (χ0v) is 11.2. The largest absolute Gasteiger partial charge is 0.396 e. The number of carbonyl (C=O) groups is 1. The molecule has 1 aliphatic heterocycles. The molecule has 1 aliphatic rings. The summed E-state index contributed by atoms with van der Waals surface area (Å²) >= 11 is 0.